The SMILES string of the molecule is COc1cc([C@@H]2C(=C(O)c3ccc(OC(C)C)cc3)C(=O)C(=O)N2CCCN(C)C)ccc1O. The van der Waals surface area contributed by atoms with Crippen molar-refractivity contribution in [2.45, 2.75) is 32.4 Å². The van der Waals surface area contributed by atoms with E-state index in [0.717, 1.165) is 6.54 Å². The Kier molecular flexibility index (Phi) is 7.83. The van der Waals surface area contributed by atoms with E-state index in [1.165, 1.54) is 18.1 Å². The number of aromatic hydroxyl groups is 1. The summed E-state index contributed by atoms with van der Waals surface area (Å²) in [6.45, 7) is 4.88. The van der Waals surface area contributed by atoms with Crippen LogP contribution in [-0.2, 0) is 9.59 Å². The van der Waals surface area contributed by atoms with Gasteiger partial charge in [0.2, 0.25) is 0 Å². The van der Waals surface area contributed by atoms with E-state index in [0.29, 0.717) is 29.8 Å². The first-order valence-electron chi connectivity index (χ1n) is 11.2. The molecule has 2 aromatic carbocycles. The molecule has 0 saturated carbocycles. The Morgan fingerprint density at radius 1 is 1.12 bits per heavy atom. The first kappa shape index (κ1) is 25.1. The number of benzene rings is 2. The van der Waals surface area contributed by atoms with Crippen molar-refractivity contribution in [1.82, 2.24) is 9.80 Å². The zero-order valence-corrected chi connectivity index (χ0v) is 20.2. The van der Waals surface area contributed by atoms with Crippen molar-refractivity contribution >= 4 is 17.4 Å². The van der Waals surface area contributed by atoms with Crippen LogP contribution in [0.25, 0.3) is 5.76 Å². The molecule has 1 aliphatic heterocycles. The molecule has 2 aromatic rings. The van der Waals surface area contributed by atoms with Crippen molar-refractivity contribution in [3.8, 4) is 17.2 Å². The van der Waals surface area contributed by atoms with Crippen molar-refractivity contribution < 1.29 is 29.3 Å². The normalized spacial score (nSPS) is 17.6. The summed E-state index contributed by atoms with van der Waals surface area (Å²) in [5.74, 6) is -0.890. The van der Waals surface area contributed by atoms with Gasteiger partial charge >= 0.3 is 0 Å². The van der Waals surface area contributed by atoms with Gasteiger partial charge in [0.15, 0.2) is 11.5 Å². The quantitative estimate of drug-likeness (QED) is 0.330. The Balaban J connectivity index is 2.08. The number of aliphatic hydroxyl groups is 1. The van der Waals surface area contributed by atoms with Crippen molar-refractivity contribution in [1.29, 1.82) is 0 Å². The minimum Gasteiger partial charge on any atom is -0.507 e. The van der Waals surface area contributed by atoms with E-state index >= 15 is 0 Å². The monoisotopic (exact) mass is 468 g/mol. The number of Topliss-reactive ketones (excluding diaryl/α,β-unsaturated/α-hetero) is 1. The molecule has 1 saturated heterocycles. The Bertz CT molecular complexity index is 1080. The Labute approximate surface area is 200 Å². The van der Waals surface area contributed by atoms with Gasteiger partial charge in [0, 0.05) is 12.1 Å². The smallest absolute Gasteiger partial charge is 0.295 e. The molecule has 8 heteroatoms. The molecule has 1 heterocycles. The number of methoxy groups -OCH3 is 1. The van der Waals surface area contributed by atoms with Crippen LogP contribution in [0.15, 0.2) is 48.0 Å². The Hall–Kier alpha value is -3.52. The molecule has 1 aliphatic rings. The standard InChI is InChI=1S/C26H32N2O6/c1-16(2)34-19-10-7-17(8-11-19)24(30)22-23(18-9-12-20(29)21(15-18)33-5)28(26(32)25(22)31)14-6-13-27(3)4/h7-12,15-16,23,29-30H,6,13-14H2,1-5H3/t23-/m1/s1. The number of hydrogen-bond acceptors (Lipinski definition) is 7. The zero-order valence-electron chi connectivity index (χ0n) is 20.2. The summed E-state index contributed by atoms with van der Waals surface area (Å²) in [7, 11) is 5.29. The highest BCUT2D eigenvalue weighted by molar-refractivity contribution is 6.46. The third-order valence-electron chi connectivity index (χ3n) is 5.56. The number of phenols is 1. The summed E-state index contributed by atoms with van der Waals surface area (Å²) in [5, 5.41) is 21.2. The lowest BCUT2D eigenvalue weighted by Crippen LogP contribution is -2.32. The largest absolute Gasteiger partial charge is 0.507 e. The molecule has 2 N–H and O–H groups in total. The average Bonchev–Trinajstić information content (AvgIpc) is 3.04. The molecule has 0 aliphatic carbocycles. The van der Waals surface area contributed by atoms with Gasteiger partial charge < -0.3 is 29.5 Å². The lowest BCUT2D eigenvalue weighted by atomic mass is 9.95. The van der Waals surface area contributed by atoms with Gasteiger partial charge in [-0.3, -0.25) is 9.59 Å². The minimum atomic E-state index is -0.816. The van der Waals surface area contributed by atoms with Crippen molar-refractivity contribution in [3.63, 3.8) is 0 Å². The maximum Gasteiger partial charge on any atom is 0.295 e. The first-order valence-corrected chi connectivity index (χ1v) is 11.2. The molecule has 0 bridgehead atoms. The van der Waals surface area contributed by atoms with Crippen LogP contribution >= 0.6 is 0 Å². The molecule has 1 amide bonds. The highest BCUT2D eigenvalue weighted by atomic mass is 16.5. The highest BCUT2D eigenvalue weighted by Crippen LogP contribution is 2.41. The Morgan fingerprint density at radius 2 is 1.79 bits per heavy atom. The number of aliphatic hydroxyl groups excluding tert-OH is 1. The van der Waals surface area contributed by atoms with E-state index in [4.69, 9.17) is 9.47 Å². The summed E-state index contributed by atoms with van der Waals surface area (Å²) in [6.07, 6.45) is 0.643. The predicted octanol–water partition coefficient (Wildman–Crippen LogP) is 3.56. The maximum absolute atomic E-state index is 13.1. The van der Waals surface area contributed by atoms with Gasteiger partial charge in [0.1, 0.15) is 11.5 Å². The fraction of sp³-hybridized carbons (Fsp3) is 0.385. The summed E-state index contributed by atoms with van der Waals surface area (Å²) in [4.78, 5) is 29.6. The average molecular weight is 469 g/mol. The molecule has 8 nitrogen and oxygen atoms in total. The topological polar surface area (TPSA) is 99.5 Å². The fourth-order valence-electron chi connectivity index (χ4n) is 4.00. The fourth-order valence-corrected chi connectivity index (χ4v) is 4.00. The highest BCUT2D eigenvalue weighted by Gasteiger charge is 2.46. The summed E-state index contributed by atoms with van der Waals surface area (Å²) < 4.78 is 10.9. The summed E-state index contributed by atoms with van der Waals surface area (Å²) >= 11 is 0. The second-order valence-electron chi connectivity index (χ2n) is 8.77. The van der Waals surface area contributed by atoms with Crippen LogP contribution in [-0.4, -0.2) is 72.1 Å². The molecular weight excluding hydrogens is 436 g/mol. The third kappa shape index (κ3) is 5.34. The van der Waals surface area contributed by atoms with Crippen molar-refractivity contribution in [2.24, 2.45) is 0 Å². The number of ketones is 1. The molecule has 0 aromatic heterocycles. The van der Waals surface area contributed by atoms with Gasteiger partial charge in [-0.15, -0.1) is 0 Å². The van der Waals surface area contributed by atoms with E-state index in [1.807, 2.05) is 32.8 Å². The third-order valence-corrected chi connectivity index (χ3v) is 5.56. The Morgan fingerprint density at radius 3 is 2.38 bits per heavy atom. The number of carbonyl (C=O) groups is 2. The van der Waals surface area contributed by atoms with Gasteiger partial charge in [-0.25, -0.2) is 0 Å². The molecule has 34 heavy (non-hydrogen) atoms. The molecule has 1 fully saturated rings. The van der Waals surface area contributed by atoms with E-state index in [2.05, 4.69) is 0 Å². The molecule has 0 spiro atoms. The molecular formula is C26H32N2O6. The van der Waals surface area contributed by atoms with Crippen LogP contribution in [0.1, 0.15) is 37.4 Å². The molecule has 0 radical (unpaired) electrons. The molecule has 1 atom stereocenters. The van der Waals surface area contributed by atoms with E-state index in [1.54, 1.807) is 36.4 Å². The minimum absolute atomic E-state index is 0.000115. The molecule has 182 valence electrons. The van der Waals surface area contributed by atoms with Crippen LogP contribution in [0.3, 0.4) is 0 Å². The van der Waals surface area contributed by atoms with Gasteiger partial charge in [-0.2, -0.15) is 0 Å². The zero-order chi connectivity index (χ0) is 25.0. The van der Waals surface area contributed by atoms with Gasteiger partial charge in [-0.1, -0.05) is 6.07 Å². The number of rotatable bonds is 9. The number of hydrogen-bond donors (Lipinski definition) is 2. The van der Waals surface area contributed by atoms with Crippen LogP contribution in [0.5, 0.6) is 17.2 Å². The number of nitrogens with zero attached hydrogens (tertiary/aromatic N) is 2. The van der Waals surface area contributed by atoms with Crippen LogP contribution < -0.4 is 9.47 Å². The van der Waals surface area contributed by atoms with Crippen LogP contribution in [0.2, 0.25) is 0 Å². The summed E-state index contributed by atoms with van der Waals surface area (Å²) in [6, 6.07) is 10.6. The number of ether oxygens (including phenoxy) is 2. The van der Waals surface area contributed by atoms with E-state index in [9.17, 15) is 19.8 Å². The number of likely N-dealkylation sites (tertiary alicyclic amines) is 1. The van der Waals surface area contributed by atoms with Crippen LogP contribution in [0, 0.1) is 0 Å². The first-order chi connectivity index (χ1) is 16.1. The second kappa shape index (κ2) is 10.6. The molecule has 3 rings (SSSR count). The predicted molar refractivity (Wildman–Crippen MR) is 129 cm³/mol. The van der Waals surface area contributed by atoms with E-state index in [-0.39, 0.29) is 28.9 Å². The summed E-state index contributed by atoms with van der Waals surface area (Å²) in [5.41, 5.74) is 0.957. The lowest BCUT2D eigenvalue weighted by Gasteiger charge is -2.26. The van der Waals surface area contributed by atoms with Crippen LogP contribution in [0.4, 0.5) is 0 Å². The second-order valence-corrected chi connectivity index (χ2v) is 8.77. The van der Waals surface area contributed by atoms with E-state index < -0.39 is 17.7 Å². The number of carbonyl (C=O) groups excluding carboxylic acids is 2. The van der Waals surface area contributed by atoms with Gasteiger partial charge in [0.25, 0.3) is 11.7 Å². The van der Waals surface area contributed by atoms with Gasteiger partial charge in [0.05, 0.1) is 24.8 Å². The van der Waals surface area contributed by atoms with Crippen molar-refractivity contribution in [3.05, 3.63) is 59.2 Å². The lowest BCUT2D eigenvalue weighted by molar-refractivity contribution is -0.139. The molecule has 0 unspecified atom stereocenters. The van der Waals surface area contributed by atoms with Crippen molar-refractivity contribution in [2.75, 3.05) is 34.3 Å². The van der Waals surface area contributed by atoms with Gasteiger partial charge in [-0.05, 0) is 82.9 Å². The number of amides is 1. The maximum atomic E-state index is 13.1. The number of phenolic OH excluding ortho intramolecular Hbond substituents is 1.